The molecule has 0 aromatic carbocycles. The lowest BCUT2D eigenvalue weighted by atomic mass is 9.60. The second-order valence-electron chi connectivity index (χ2n) is 2.78. The van der Waals surface area contributed by atoms with E-state index in [9.17, 15) is 0 Å². The van der Waals surface area contributed by atoms with Crippen molar-refractivity contribution in [1.82, 2.24) is 0 Å². The van der Waals surface area contributed by atoms with Gasteiger partial charge in [0, 0.05) is 13.7 Å². The van der Waals surface area contributed by atoms with Crippen LogP contribution in [0, 0.1) is 5.92 Å². The molecule has 9 heavy (non-hydrogen) atoms. The molecule has 0 bridgehead atoms. The lowest BCUT2D eigenvalue weighted by Crippen LogP contribution is -2.15. The molecule has 1 atom stereocenters. The Kier molecular flexibility index (Phi) is 3.12. The highest BCUT2D eigenvalue weighted by Gasteiger charge is 2.12. The van der Waals surface area contributed by atoms with E-state index in [0.717, 1.165) is 12.5 Å². The zero-order valence-electron chi connectivity index (χ0n) is 6.10. The molecule has 0 aromatic rings. The molecule has 0 aromatic heterocycles. The van der Waals surface area contributed by atoms with Crippen molar-refractivity contribution < 1.29 is 4.74 Å². The van der Waals surface area contributed by atoms with Crippen molar-refractivity contribution in [3.63, 3.8) is 0 Å². The van der Waals surface area contributed by atoms with Gasteiger partial charge in [-0.25, -0.2) is 0 Å². The molecule has 1 rings (SSSR count). The molecule has 0 N–H and O–H groups in total. The Morgan fingerprint density at radius 2 is 2.56 bits per heavy atom. The molecule has 1 aliphatic rings. The number of ether oxygens (including phenoxy) is 1. The van der Waals surface area contributed by atoms with Gasteiger partial charge in [0.05, 0.1) is 0 Å². The Bertz CT molecular complexity index is 66.6. The summed E-state index contributed by atoms with van der Waals surface area (Å²) < 4.78 is 5.06. The van der Waals surface area contributed by atoms with Crippen LogP contribution >= 0.6 is 0 Å². The van der Waals surface area contributed by atoms with E-state index in [0.29, 0.717) is 0 Å². The van der Waals surface area contributed by atoms with E-state index in [1.165, 1.54) is 25.5 Å². The van der Waals surface area contributed by atoms with Crippen LogP contribution in [0.15, 0.2) is 0 Å². The predicted octanol–water partition coefficient (Wildman–Crippen LogP) is 1.58. The third kappa shape index (κ3) is 2.40. The molecular weight excluding hydrogens is 111 g/mol. The Morgan fingerprint density at radius 1 is 1.67 bits per heavy atom. The van der Waals surface area contributed by atoms with Crippen LogP contribution < -0.4 is 0 Å². The molecular formula is C7H14BO. The fraction of sp³-hybridized carbons (Fsp3) is 1.00. The molecule has 51 valence electrons. The van der Waals surface area contributed by atoms with Crippen molar-refractivity contribution in [2.24, 2.45) is 5.92 Å². The molecule has 0 unspecified atom stereocenters. The third-order valence-corrected chi connectivity index (χ3v) is 1.92. The maximum atomic E-state index is 5.06. The number of hydrogen-bond acceptors (Lipinski definition) is 1. The van der Waals surface area contributed by atoms with Crippen molar-refractivity contribution in [3.05, 3.63) is 0 Å². The van der Waals surface area contributed by atoms with Gasteiger partial charge >= 0.3 is 0 Å². The summed E-state index contributed by atoms with van der Waals surface area (Å²) in [7, 11) is 4.17. The summed E-state index contributed by atoms with van der Waals surface area (Å²) in [6, 6.07) is 0. The van der Waals surface area contributed by atoms with Crippen LogP contribution in [0.5, 0.6) is 0 Å². The van der Waals surface area contributed by atoms with E-state index in [1.807, 2.05) is 0 Å². The maximum Gasteiger partial charge on any atom is 0.109 e. The first-order chi connectivity index (χ1) is 4.43. The van der Waals surface area contributed by atoms with E-state index in [1.54, 1.807) is 7.11 Å². The van der Waals surface area contributed by atoms with E-state index in [2.05, 4.69) is 7.28 Å². The summed E-state index contributed by atoms with van der Waals surface area (Å²) >= 11 is 0. The van der Waals surface area contributed by atoms with Gasteiger partial charge in [0.25, 0.3) is 0 Å². The van der Waals surface area contributed by atoms with Crippen molar-refractivity contribution >= 4 is 7.28 Å². The average Bonchev–Trinajstić information content (AvgIpc) is 1.91. The Hall–Kier alpha value is 0.0249. The van der Waals surface area contributed by atoms with Gasteiger partial charge in [-0.1, -0.05) is 19.1 Å². The second kappa shape index (κ2) is 3.94. The zero-order chi connectivity index (χ0) is 6.53. The molecule has 2 heteroatoms. The molecule has 1 aliphatic heterocycles. The normalized spacial score (nSPS) is 27.4. The summed E-state index contributed by atoms with van der Waals surface area (Å²) in [6.45, 7) is 0.955. The van der Waals surface area contributed by atoms with Crippen LogP contribution in [0.2, 0.25) is 12.6 Å². The first kappa shape index (κ1) is 7.14. The van der Waals surface area contributed by atoms with Gasteiger partial charge in [0.2, 0.25) is 0 Å². The minimum absolute atomic E-state index is 0.823. The minimum Gasteiger partial charge on any atom is -0.384 e. The minimum atomic E-state index is 0.823. The summed E-state index contributed by atoms with van der Waals surface area (Å²) in [5.74, 6) is 0.823. The Morgan fingerprint density at radius 3 is 3.11 bits per heavy atom. The fourth-order valence-electron chi connectivity index (χ4n) is 1.41. The summed E-state index contributed by atoms with van der Waals surface area (Å²) in [5.41, 5.74) is 0. The number of methoxy groups -OCH3 is 1. The molecule has 1 fully saturated rings. The standard InChI is InChI=1S/C7H14BO/c1-9-6-7-3-2-4-8-5-7/h7H,2-6H2,1H3/t7-/m1/s1. The van der Waals surface area contributed by atoms with E-state index in [-0.39, 0.29) is 0 Å². The highest BCUT2D eigenvalue weighted by molar-refractivity contribution is 6.35. The van der Waals surface area contributed by atoms with Crippen molar-refractivity contribution in [2.75, 3.05) is 13.7 Å². The molecule has 1 saturated heterocycles. The Labute approximate surface area is 58.0 Å². The summed E-state index contributed by atoms with van der Waals surface area (Å²) in [5, 5.41) is 0. The fourth-order valence-corrected chi connectivity index (χ4v) is 1.41. The summed E-state index contributed by atoms with van der Waals surface area (Å²) in [6.07, 6.45) is 5.33. The van der Waals surface area contributed by atoms with Gasteiger partial charge in [-0.2, -0.15) is 0 Å². The number of rotatable bonds is 2. The van der Waals surface area contributed by atoms with Gasteiger partial charge in [0.1, 0.15) is 7.28 Å². The molecule has 0 amide bonds. The van der Waals surface area contributed by atoms with Gasteiger partial charge in [-0.05, 0) is 12.3 Å². The smallest absolute Gasteiger partial charge is 0.109 e. The predicted molar refractivity (Wildman–Crippen MR) is 40.0 cm³/mol. The first-order valence-corrected chi connectivity index (χ1v) is 3.74. The quantitative estimate of drug-likeness (QED) is 0.509. The topological polar surface area (TPSA) is 9.23 Å². The van der Waals surface area contributed by atoms with Gasteiger partial charge in [-0.3, -0.25) is 0 Å². The third-order valence-electron chi connectivity index (χ3n) is 1.92. The van der Waals surface area contributed by atoms with Crippen molar-refractivity contribution in [3.8, 4) is 0 Å². The van der Waals surface area contributed by atoms with Crippen LogP contribution in [0.4, 0.5) is 0 Å². The summed E-state index contributed by atoms with van der Waals surface area (Å²) in [4.78, 5) is 0. The molecule has 0 saturated carbocycles. The van der Waals surface area contributed by atoms with Crippen LogP contribution in [-0.4, -0.2) is 21.0 Å². The number of hydrogen-bond donors (Lipinski definition) is 0. The SMILES string of the molecule is COC[C@H]1C[B]CCC1. The van der Waals surface area contributed by atoms with E-state index >= 15 is 0 Å². The highest BCUT2D eigenvalue weighted by Crippen LogP contribution is 2.19. The second-order valence-corrected chi connectivity index (χ2v) is 2.78. The van der Waals surface area contributed by atoms with Crippen LogP contribution in [-0.2, 0) is 4.74 Å². The lowest BCUT2D eigenvalue weighted by Gasteiger charge is -2.19. The molecule has 1 nitrogen and oxygen atoms in total. The molecule has 1 radical (unpaired) electrons. The van der Waals surface area contributed by atoms with Crippen molar-refractivity contribution in [2.45, 2.75) is 25.5 Å². The van der Waals surface area contributed by atoms with Gasteiger partial charge < -0.3 is 4.74 Å². The van der Waals surface area contributed by atoms with Crippen LogP contribution in [0.1, 0.15) is 12.8 Å². The lowest BCUT2D eigenvalue weighted by molar-refractivity contribution is 0.153. The van der Waals surface area contributed by atoms with Crippen LogP contribution in [0.25, 0.3) is 0 Å². The molecule has 0 aliphatic carbocycles. The first-order valence-electron chi connectivity index (χ1n) is 3.74. The van der Waals surface area contributed by atoms with Crippen LogP contribution in [0.3, 0.4) is 0 Å². The van der Waals surface area contributed by atoms with E-state index in [4.69, 9.17) is 4.74 Å². The largest absolute Gasteiger partial charge is 0.384 e. The van der Waals surface area contributed by atoms with Gasteiger partial charge in [0.15, 0.2) is 0 Å². The highest BCUT2D eigenvalue weighted by atomic mass is 16.5. The molecule has 0 spiro atoms. The Balaban J connectivity index is 2.08. The van der Waals surface area contributed by atoms with Crippen molar-refractivity contribution in [1.29, 1.82) is 0 Å². The average molecular weight is 125 g/mol. The molecule has 1 heterocycles. The maximum absolute atomic E-state index is 5.06. The monoisotopic (exact) mass is 125 g/mol. The zero-order valence-corrected chi connectivity index (χ0v) is 6.10. The van der Waals surface area contributed by atoms with E-state index < -0.39 is 0 Å². The van der Waals surface area contributed by atoms with Gasteiger partial charge in [-0.15, -0.1) is 0 Å².